The van der Waals surface area contributed by atoms with Gasteiger partial charge in [-0.2, -0.15) is 0 Å². The maximum atomic E-state index is 13.3. The second-order valence-corrected chi connectivity index (χ2v) is 9.48. The first kappa shape index (κ1) is 20.5. The van der Waals surface area contributed by atoms with Crippen molar-refractivity contribution in [2.24, 2.45) is 5.73 Å². The van der Waals surface area contributed by atoms with Crippen molar-refractivity contribution < 1.29 is 13.2 Å². The van der Waals surface area contributed by atoms with E-state index in [0.29, 0.717) is 31.0 Å². The molecule has 2 fully saturated rings. The first-order chi connectivity index (χ1) is 11.4. The van der Waals surface area contributed by atoms with Crippen LogP contribution in [0.3, 0.4) is 0 Å². The molecule has 0 aromatic heterocycles. The highest BCUT2D eigenvalue weighted by atomic mass is 35.5. The summed E-state index contributed by atoms with van der Waals surface area (Å²) in [7, 11) is -3.76. The molecule has 2 N–H and O–H groups in total. The van der Waals surface area contributed by atoms with Gasteiger partial charge in [-0.3, -0.25) is 4.79 Å². The molecule has 0 bridgehead atoms. The Labute approximate surface area is 160 Å². The number of likely N-dealkylation sites (tertiary alicyclic amines) is 1. The zero-order valence-electron chi connectivity index (χ0n) is 14.0. The van der Waals surface area contributed by atoms with E-state index in [1.165, 1.54) is 12.1 Å². The largest absolute Gasteiger partial charge is 0.341 e. The fraction of sp³-hybridized carbons (Fsp3) is 0.588. The summed E-state index contributed by atoms with van der Waals surface area (Å²) in [5.41, 5.74) is 5.91. The van der Waals surface area contributed by atoms with E-state index >= 15 is 0 Å². The fourth-order valence-corrected chi connectivity index (χ4v) is 6.03. The minimum Gasteiger partial charge on any atom is -0.341 e. The molecule has 2 aliphatic rings. The Kier molecular flexibility index (Phi) is 6.41. The van der Waals surface area contributed by atoms with Crippen LogP contribution < -0.4 is 5.73 Å². The van der Waals surface area contributed by atoms with E-state index in [4.69, 9.17) is 17.3 Å². The lowest BCUT2D eigenvalue weighted by Gasteiger charge is -2.37. The Morgan fingerprint density at radius 2 is 1.64 bits per heavy atom. The summed E-state index contributed by atoms with van der Waals surface area (Å²) in [6, 6.07) is 6.21. The van der Waals surface area contributed by atoms with Gasteiger partial charge >= 0.3 is 0 Å². The van der Waals surface area contributed by atoms with Gasteiger partial charge in [0.1, 0.15) is 0 Å². The van der Waals surface area contributed by atoms with E-state index in [1.807, 2.05) is 0 Å². The predicted octanol–water partition coefficient (Wildman–Crippen LogP) is 2.80. The third kappa shape index (κ3) is 3.68. The normalized spacial score (nSPS) is 21.0. The molecule has 1 aliphatic carbocycles. The van der Waals surface area contributed by atoms with Gasteiger partial charge in [0.05, 0.1) is 4.90 Å². The van der Waals surface area contributed by atoms with E-state index in [1.54, 1.807) is 17.0 Å². The zero-order valence-corrected chi connectivity index (χ0v) is 16.4. The zero-order chi connectivity index (χ0) is 17.4. The van der Waals surface area contributed by atoms with Gasteiger partial charge in [-0.25, -0.2) is 8.42 Å². The summed E-state index contributed by atoms with van der Waals surface area (Å²) in [5, 5.41) is 0.478. The van der Waals surface area contributed by atoms with Crippen LogP contribution in [0.5, 0.6) is 0 Å². The number of carbonyl (C=O) groups excluding carboxylic acids is 1. The molecule has 1 aromatic rings. The Balaban J connectivity index is 0.00000225. The van der Waals surface area contributed by atoms with Crippen LogP contribution in [0, 0.1) is 0 Å². The highest BCUT2D eigenvalue weighted by Crippen LogP contribution is 2.42. The lowest BCUT2D eigenvalue weighted by molar-refractivity contribution is -0.134. The molecule has 0 spiro atoms. The van der Waals surface area contributed by atoms with Crippen LogP contribution >= 0.6 is 24.0 Å². The molecule has 0 unspecified atom stereocenters. The minimum absolute atomic E-state index is 0. The smallest absolute Gasteiger partial charge is 0.244 e. The van der Waals surface area contributed by atoms with Crippen molar-refractivity contribution >= 4 is 39.8 Å². The van der Waals surface area contributed by atoms with Crippen LogP contribution in [-0.4, -0.2) is 43.1 Å². The van der Waals surface area contributed by atoms with Gasteiger partial charge < -0.3 is 10.6 Å². The van der Waals surface area contributed by atoms with Crippen molar-refractivity contribution in [3.8, 4) is 0 Å². The quantitative estimate of drug-likeness (QED) is 0.836. The number of carbonyl (C=O) groups is 1. The van der Waals surface area contributed by atoms with Gasteiger partial charge in [0.25, 0.3) is 0 Å². The number of hydrogen-bond acceptors (Lipinski definition) is 4. The standard InChI is InChI=1S/C17H23ClN2O3S.ClH/c18-13-3-5-15(6-4-13)24(22,23)17(9-1-2-10-17)16(21)20-11-7-14(19)8-12-20;/h3-6,14H,1-2,7-12,19H2;1H. The summed E-state index contributed by atoms with van der Waals surface area (Å²) in [5.74, 6) is -0.248. The van der Waals surface area contributed by atoms with E-state index < -0.39 is 14.6 Å². The number of rotatable bonds is 3. The van der Waals surface area contributed by atoms with Crippen LogP contribution in [0.1, 0.15) is 38.5 Å². The highest BCUT2D eigenvalue weighted by molar-refractivity contribution is 7.93. The van der Waals surface area contributed by atoms with Gasteiger partial charge in [0.2, 0.25) is 5.91 Å². The topological polar surface area (TPSA) is 80.5 Å². The molecular weight excluding hydrogens is 383 g/mol. The Morgan fingerprint density at radius 3 is 2.16 bits per heavy atom. The van der Waals surface area contributed by atoms with Gasteiger partial charge in [0, 0.05) is 24.2 Å². The third-order valence-electron chi connectivity index (χ3n) is 5.27. The average Bonchev–Trinajstić information content (AvgIpc) is 3.07. The predicted molar refractivity (Wildman–Crippen MR) is 101 cm³/mol. The molecule has 1 saturated heterocycles. The number of nitrogens with zero attached hydrogens (tertiary/aromatic N) is 1. The maximum Gasteiger partial charge on any atom is 0.244 e. The average molecular weight is 407 g/mol. The van der Waals surface area contributed by atoms with Crippen LogP contribution in [0.15, 0.2) is 29.2 Å². The van der Waals surface area contributed by atoms with E-state index in [2.05, 4.69) is 0 Å². The first-order valence-electron chi connectivity index (χ1n) is 8.42. The molecule has 3 rings (SSSR count). The van der Waals surface area contributed by atoms with Crippen molar-refractivity contribution in [1.82, 2.24) is 4.90 Å². The molecule has 1 saturated carbocycles. The van der Waals surface area contributed by atoms with E-state index in [-0.39, 0.29) is 29.3 Å². The lowest BCUT2D eigenvalue weighted by atomic mass is 10.0. The number of halogens is 2. The monoisotopic (exact) mass is 406 g/mol. The number of benzene rings is 1. The summed E-state index contributed by atoms with van der Waals surface area (Å²) < 4.78 is 25.3. The maximum absolute atomic E-state index is 13.3. The molecule has 1 amide bonds. The number of amides is 1. The summed E-state index contributed by atoms with van der Waals surface area (Å²) in [6.07, 6.45) is 3.74. The Hall–Kier alpha value is -0.820. The summed E-state index contributed by atoms with van der Waals surface area (Å²) in [6.45, 7) is 1.08. The number of piperidine rings is 1. The first-order valence-corrected chi connectivity index (χ1v) is 10.3. The highest BCUT2D eigenvalue weighted by Gasteiger charge is 2.54. The molecule has 8 heteroatoms. The molecule has 1 heterocycles. The summed E-state index contributed by atoms with van der Waals surface area (Å²) >= 11 is 5.87. The van der Waals surface area contributed by atoms with Gasteiger partial charge in [-0.15, -0.1) is 12.4 Å². The molecule has 140 valence electrons. The third-order valence-corrected chi connectivity index (χ3v) is 8.02. The Bertz CT molecular complexity index is 708. The molecule has 1 aliphatic heterocycles. The number of hydrogen-bond donors (Lipinski definition) is 1. The second-order valence-electron chi connectivity index (χ2n) is 6.79. The van der Waals surface area contributed by atoms with E-state index in [0.717, 1.165) is 25.7 Å². The van der Waals surface area contributed by atoms with Crippen LogP contribution in [0.4, 0.5) is 0 Å². The number of nitrogens with two attached hydrogens (primary N) is 1. The molecule has 5 nitrogen and oxygen atoms in total. The van der Waals surface area contributed by atoms with Crippen molar-refractivity contribution in [3.63, 3.8) is 0 Å². The van der Waals surface area contributed by atoms with Crippen LogP contribution in [0.2, 0.25) is 5.02 Å². The van der Waals surface area contributed by atoms with Gasteiger partial charge in [-0.05, 0) is 49.9 Å². The minimum atomic E-state index is -3.76. The second kappa shape index (κ2) is 7.82. The van der Waals surface area contributed by atoms with Gasteiger partial charge in [0.15, 0.2) is 14.6 Å². The van der Waals surface area contributed by atoms with Crippen molar-refractivity contribution in [3.05, 3.63) is 29.3 Å². The van der Waals surface area contributed by atoms with Crippen molar-refractivity contribution in [2.45, 2.75) is 54.2 Å². The molecule has 0 atom stereocenters. The summed E-state index contributed by atoms with van der Waals surface area (Å²) in [4.78, 5) is 15.1. The van der Waals surface area contributed by atoms with E-state index in [9.17, 15) is 13.2 Å². The fourth-order valence-electron chi connectivity index (χ4n) is 3.77. The van der Waals surface area contributed by atoms with Crippen molar-refractivity contribution in [1.29, 1.82) is 0 Å². The Morgan fingerprint density at radius 1 is 1.12 bits per heavy atom. The molecule has 1 aromatic carbocycles. The molecule has 25 heavy (non-hydrogen) atoms. The van der Waals surface area contributed by atoms with Crippen LogP contribution in [0.25, 0.3) is 0 Å². The van der Waals surface area contributed by atoms with Crippen LogP contribution in [-0.2, 0) is 14.6 Å². The lowest BCUT2D eigenvalue weighted by Crippen LogP contribution is -2.55. The number of sulfone groups is 1. The van der Waals surface area contributed by atoms with Crippen molar-refractivity contribution in [2.75, 3.05) is 13.1 Å². The van der Waals surface area contributed by atoms with Gasteiger partial charge in [-0.1, -0.05) is 24.4 Å². The SMILES string of the molecule is Cl.NC1CCN(C(=O)C2(S(=O)(=O)c3ccc(Cl)cc3)CCCC2)CC1. The molecular formula is C17H24Cl2N2O3S. The molecule has 0 radical (unpaired) electrons.